The van der Waals surface area contributed by atoms with Gasteiger partial charge < -0.3 is 5.11 Å². The second kappa shape index (κ2) is 9.75. The number of phenols is 1. The molecule has 0 fully saturated rings. The first-order chi connectivity index (χ1) is 11.2. The quantitative estimate of drug-likeness (QED) is 0.457. The van der Waals surface area contributed by atoms with Crippen molar-refractivity contribution < 1.29 is 5.11 Å². The first-order valence-electron chi connectivity index (χ1n) is 9.75. The highest BCUT2D eigenvalue weighted by molar-refractivity contribution is 8.00. The second-order valence-corrected chi connectivity index (χ2v) is 10.2. The molecule has 1 nitrogen and oxygen atoms in total. The van der Waals surface area contributed by atoms with Crippen molar-refractivity contribution in [2.24, 2.45) is 0 Å². The molecule has 2 heteroatoms. The lowest BCUT2D eigenvalue weighted by Crippen LogP contribution is -2.08. The summed E-state index contributed by atoms with van der Waals surface area (Å²) in [5, 5.41) is 10.9. The molecular weight excluding hydrogens is 312 g/mol. The summed E-state index contributed by atoms with van der Waals surface area (Å²) in [6, 6.07) is 4.48. The number of hydrogen-bond donors (Lipinski definition) is 1. The van der Waals surface area contributed by atoms with E-state index < -0.39 is 0 Å². The van der Waals surface area contributed by atoms with Crippen LogP contribution in [0.15, 0.2) is 17.0 Å². The summed E-state index contributed by atoms with van der Waals surface area (Å²) in [6.45, 7) is 15.8. The Morgan fingerprint density at radius 1 is 0.917 bits per heavy atom. The second-order valence-electron chi connectivity index (χ2n) is 8.25. The Morgan fingerprint density at radius 3 is 1.67 bits per heavy atom. The zero-order valence-corrected chi connectivity index (χ0v) is 17.7. The Labute approximate surface area is 154 Å². The maximum Gasteiger partial charge on any atom is 0.122 e. The summed E-state index contributed by atoms with van der Waals surface area (Å²) in [7, 11) is 0. The molecule has 0 heterocycles. The molecule has 0 radical (unpaired) electrons. The molecule has 138 valence electrons. The lowest BCUT2D eigenvalue weighted by Gasteiger charge is -2.24. The molecule has 0 bridgehead atoms. The minimum atomic E-state index is 0.185. The average Bonchev–Trinajstić information content (AvgIpc) is 2.50. The van der Waals surface area contributed by atoms with E-state index in [0.717, 1.165) is 24.0 Å². The number of phenolic OH excluding ortho intramolecular Hbond substituents is 1. The van der Waals surface area contributed by atoms with Crippen molar-refractivity contribution in [3.8, 4) is 5.75 Å². The average molecular weight is 351 g/mol. The summed E-state index contributed by atoms with van der Waals surface area (Å²) in [5.74, 6) is 1.39. The van der Waals surface area contributed by atoms with Crippen molar-refractivity contribution in [1.82, 2.24) is 0 Å². The topological polar surface area (TPSA) is 20.2 Å². The van der Waals surface area contributed by atoms with Crippen molar-refractivity contribution in [1.29, 1.82) is 0 Å². The number of benzene rings is 1. The maximum absolute atomic E-state index is 10.9. The Morgan fingerprint density at radius 2 is 1.33 bits per heavy atom. The fourth-order valence-electron chi connectivity index (χ4n) is 3.15. The standard InChI is InChI=1S/C22H38OS/c1-8-10-12-16(3)19-14-18(24-22(5,6)7)15-20(21(19)23)17(4)13-11-9-2/h14-17,23H,8-13H2,1-7H3. The van der Waals surface area contributed by atoms with E-state index in [9.17, 15) is 5.11 Å². The van der Waals surface area contributed by atoms with Crippen LogP contribution in [0.2, 0.25) is 0 Å². The molecule has 1 aromatic carbocycles. The number of aromatic hydroxyl groups is 1. The van der Waals surface area contributed by atoms with Gasteiger partial charge in [-0.1, -0.05) is 74.1 Å². The third-order valence-corrected chi connectivity index (χ3v) is 5.69. The first kappa shape index (κ1) is 21.4. The van der Waals surface area contributed by atoms with Crippen molar-refractivity contribution >= 4 is 11.8 Å². The van der Waals surface area contributed by atoms with Crippen LogP contribution in [0.5, 0.6) is 5.75 Å². The Balaban J connectivity index is 3.22. The van der Waals surface area contributed by atoms with Crippen LogP contribution in [0.4, 0.5) is 0 Å². The monoisotopic (exact) mass is 350 g/mol. The van der Waals surface area contributed by atoms with Gasteiger partial charge in [0.05, 0.1) is 0 Å². The van der Waals surface area contributed by atoms with Crippen molar-refractivity contribution in [2.45, 2.75) is 108 Å². The van der Waals surface area contributed by atoms with E-state index in [4.69, 9.17) is 0 Å². The van der Waals surface area contributed by atoms with E-state index >= 15 is 0 Å². The molecular formula is C22H38OS. The normalized spacial score (nSPS) is 14.6. The van der Waals surface area contributed by atoms with Gasteiger partial charge in [-0.2, -0.15) is 0 Å². The molecule has 2 unspecified atom stereocenters. The van der Waals surface area contributed by atoms with Gasteiger partial charge in [-0.3, -0.25) is 0 Å². The zero-order chi connectivity index (χ0) is 18.3. The molecule has 2 atom stereocenters. The van der Waals surface area contributed by atoms with Gasteiger partial charge in [0.1, 0.15) is 5.75 Å². The predicted molar refractivity (Wildman–Crippen MR) is 110 cm³/mol. The van der Waals surface area contributed by atoms with Crippen molar-refractivity contribution in [3.05, 3.63) is 23.3 Å². The van der Waals surface area contributed by atoms with E-state index in [1.54, 1.807) is 0 Å². The van der Waals surface area contributed by atoms with Crippen molar-refractivity contribution in [3.63, 3.8) is 0 Å². The zero-order valence-electron chi connectivity index (χ0n) is 16.9. The fourth-order valence-corrected chi connectivity index (χ4v) is 4.23. The Bertz CT molecular complexity index is 466. The highest BCUT2D eigenvalue weighted by atomic mass is 32.2. The van der Waals surface area contributed by atoms with Gasteiger partial charge in [0.2, 0.25) is 0 Å². The van der Waals surface area contributed by atoms with Crippen LogP contribution in [0.3, 0.4) is 0 Å². The summed E-state index contributed by atoms with van der Waals surface area (Å²) < 4.78 is 0.185. The van der Waals surface area contributed by atoms with Gasteiger partial charge in [0, 0.05) is 9.64 Å². The van der Waals surface area contributed by atoms with Crippen LogP contribution in [0, 0.1) is 0 Å². The maximum atomic E-state index is 10.9. The van der Waals surface area contributed by atoms with Gasteiger partial charge in [0.25, 0.3) is 0 Å². The smallest absolute Gasteiger partial charge is 0.122 e. The molecule has 1 rings (SSSR count). The highest BCUT2D eigenvalue weighted by Gasteiger charge is 2.21. The molecule has 0 aliphatic rings. The van der Waals surface area contributed by atoms with Crippen LogP contribution >= 0.6 is 11.8 Å². The Kier molecular flexibility index (Phi) is 8.70. The third kappa shape index (κ3) is 6.70. The summed E-state index contributed by atoms with van der Waals surface area (Å²) in [4.78, 5) is 1.30. The number of unbranched alkanes of at least 4 members (excludes halogenated alkanes) is 2. The molecule has 24 heavy (non-hydrogen) atoms. The molecule has 1 aromatic rings. The van der Waals surface area contributed by atoms with Gasteiger partial charge in [-0.15, -0.1) is 11.8 Å². The fraction of sp³-hybridized carbons (Fsp3) is 0.727. The molecule has 0 saturated carbocycles. The number of hydrogen-bond acceptors (Lipinski definition) is 2. The van der Waals surface area contributed by atoms with Gasteiger partial charge >= 0.3 is 0 Å². The predicted octanol–water partition coefficient (Wildman–Crippen LogP) is 7.87. The van der Waals surface area contributed by atoms with Crippen LogP contribution in [0.25, 0.3) is 0 Å². The summed E-state index contributed by atoms with van der Waals surface area (Å²) in [5.41, 5.74) is 2.30. The minimum absolute atomic E-state index is 0.185. The van der Waals surface area contributed by atoms with E-state index in [-0.39, 0.29) is 4.75 Å². The van der Waals surface area contributed by atoms with Crippen LogP contribution in [0.1, 0.15) is 110 Å². The number of rotatable bonds is 9. The number of thioether (sulfide) groups is 1. The van der Waals surface area contributed by atoms with Crippen LogP contribution in [-0.4, -0.2) is 9.85 Å². The van der Waals surface area contributed by atoms with Crippen LogP contribution in [-0.2, 0) is 0 Å². The van der Waals surface area contributed by atoms with E-state index in [1.165, 1.54) is 30.6 Å². The Hall–Kier alpha value is -0.630. The van der Waals surface area contributed by atoms with Gasteiger partial charge in [0.15, 0.2) is 0 Å². The molecule has 0 saturated heterocycles. The minimum Gasteiger partial charge on any atom is -0.507 e. The summed E-state index contributed by atoms with van der Waals surface area (Å²) in [6.07, 6.45) is 7.16. The molecule has 0 aromatic heterocycles. The molecule has 0 spiro atoms. The first-order valence-corrected chi connectivity index (χ1v) is 10.6. The highest BCUT2D eigenvalue weighted by Crippen LogP contribution is 2.42. The lowest BCUT2D eigenvalue weighted by atomic mass is 9.88. The lowest BCUT2D eigenvalue weighted by molar-refractivity contribution is 0.443. The van der Waals surface area contributed by atoms with Crippen molar-refractivity contribution in [2.75, 3.05) is 0 Å². The molecule has 0 amide bonds. The van der Waals surface area contributed by atoms with E-state index in [2.05, 4.69) is 60.6 Å². The van der Waals surface area contributed by atoms with Crippen LogP contribution < -0.4 is 0 Å². The largest absolute Gasteiger partial charge is 0.507 e. The molecule has 0 aliphatic heterocycles. The van der Waals surface area contributed by atoms with E-state index in [1.807, 2.05) is 11.8 Å². The van der Waals surface area contributed by atoms with E-state index in [0.29, 0.717) is 17.6 Å². The molecule has 0 aliphatic carbocycles. The van der Waals surface area contributed by atoms with Gasteiger partial charge in [-0.25, -0.2) is 0 Å². The van der Waals surface area contributed by atoms with Gasteiger partial charge in [-0.05, 0) is 47.9 Å². The molecule has 1 N–H and O–H groups in total. The SMILES string of the molecule is CCCCC(C)c1cc(SC(C)(C)C)cc(C(C)CCCC)c1O. The third-order valence-electron chi connectivity index (χ3n) is 4.61. The summed E-state index contributed by atoms with van der Waals surface area (Å²) >= 11 is 1.91.